The molecule has 0 spiro atoms. The summed E-state index contributed by atoms with van der Waals surface area (Å²) in [5.41, 5.74) is 2.81. The van der Waals surface area contributed by atoms with Crippen molar-refractivity contribution in [2.45, 2.75) is 13.3 Å². The van der Waals surface area contributed by atoms with E-state index < -0.39 is 0 Å². The van der Waals surface area contributed by atoms with Gasteiger partial charge >= 0.3 is 5.97 Å². The van der Waals surface area contributed by atoms with Crippen molar-refractivity contribution in [1.82, 2.24) is 5.32 Å². The van der Waals surface area contributed by atoms with E-state index in [9.17, 15) is 4.79 Å². The first kappa shape index (κ1) is 13.8. The summed E-state index contributed by atoms with van der Waals surface area (Å²) >= 11 is 0. The van der Waals surface area contributed by atoms with Crippen LogP contribution in [0.15, 0.2) is 36.0 Å². The van der Waals surface area contributed by atoms with Crippen molar-refractivity contribution in [1.29, 1.82) is 5.26 Å². The van der Waals surface area contributed by atoms with Gasteiger partial charge in [0.15, 0.2) is 0 Å². The van der Waals surface area contributed by atoms with Gasteiger partial charge in [-0.25, -0.2) is 0 Å². The van der Waals surface area contributed by atoms with Crippen LogP contribution >= 0.6 is 0 Å². The van der Waals surface area contributed by atoms with Gasteiger partial charge in [-0.2, -0.15) is 5.26 Å². The van der Waals surface area contributed by atoms with Crippen molar-refractivity contribution in [3.05, 3.63) is 47.2 Å². The molecule has 4 heteroatoms. The molecule has 0 aromatic heterocycles. The van der Waals surface area contributed by atoms with Crippen LogP contribution in [0.3, 0.4) is 0 Å². The van der Waals surface area contributed by atoms with E-state index in [1.807, 2.05) is 31.2 Å². The third-order valence-electron chi connectivity index (χ3n) is 2.37. The van der Waals surface area contributed by atoms with Gasteiger partial charge in [-0.1, -0.05) is 29.8 Å². The monoisotopic (exact) mass is 244 g/mol. The minimum absolute atomic E-state index is 0.0650. The Morgan fingerprint density at radius 2 is 2.33 bits per heavy atom. The quantitative estimate of drug-likeness (QED) is 0.632. The third-order valence-corrected chi connectivity index (χ3v) is 2.37. The number of allylic oxidation sites excluding steroid dienone is 1. The Labute approximate surface area is 107 Å². The average molecular weight is 244 g/mol. The summed E-state index contributed by atoms with van der Waals surface area (Å²) in [5.74, 6) is -0.362. The molecule has 1 N–H and O–H groups in total. The number of carbonyl (C=O) groups is 1. The van der Waals surface area contributed by atoms with Crippen molar-refractivity contribution < 1.29 is 9.53 Å². The summed E-state index contributed by atoms with van der Waals surface area (Å²) < 4.78 is 4.49. The zero-order valence-electron chi connectivity index (χ0n) is 10.6. The maximum Gasteiger partial charge on any atom is 0.325 e. The fraction of sp³-hybridized carbons (Fsp3) is 0.286. The highest BCUT2D eigenvalue weighted by atomic mass is 16.5. The maximum absolute atomic E-state index is 10.9. The molecule has 0 unspecified atom stereocenters. The van der Waals surface area contributed by atoms with Gasteiger partial charge in [0.2, 0.25) is 0 Å². The molecule has 94 valence electrons. The van der Waals surface area contributed by atoms with E-state index in [0.717, 1.165) is 11.1 Å². The van der Waals surface area contributed by atoms with Gasteiger partial charge in [-0.15, -0.1) is 0 Å². The third kappa shape index (κ3) is 4.71. The minimum Gasteiger partial charge on any atom is -0.468 e. The van der Waals surface area contributed by atoms with E-state index >= 15 is 0 Å². The zero-order valence-corrected chi connectivity index (χ0v) is 10.6. The standard InChI is InChI=1S/C14H16N2O2/c1-11-4-3-5-12(6-11)7-13(8-15)9-16-10-14(17)18-2/h3-6,9,16H,7,10H2,1-2H3/b13-9+. The lowest BCUT2D eigenvalue weighted by atomic mass is 10.0. The van der Waals surface area contributed by atoms with Crippen LogP contribution in [0.2, 0.25) is 0 Å². The Kier molecular flexibility index (Phi) is 5.46. The highest BCUT2D eigenvalue weighted by Crippen LogP contribution is 2.09. The van der Waals surface area contributed by atoms with Crippen molar-refractivity contribution in [2.75, 3.05) is 13.7 Å². The number of hydrogen-bond donors (Lipinski definition) is 1. The Hall–Kier alpha value is -2.28. The normalized spacial score (nSPS) is 10.6. The summed E-state index contributed by atoms with van der Waals surface area (Å²) in [4.78, 5) is 10.9. The molecule has 0 atom stereocenters. The van der Waals surface area contributed by atoms with E-state index in [2.05, 4.69) is 16.1 Å². The molecule has 0 aliphatic heterocycles. The van der Waals surface area contributed by atoms with Gasteiger partial charge in [0.25, 0.3) is 0 Å². The summed E-state index contributed by atoms with van der Waals surface area (Å²) in [6.45, 7) is 2.07. The lowest BCUT2D eigenvalue weighted by Crippen LogP contribution is -2.19. The highest BCUT2D eigenvalue weighted by molar-refractivity contribution is 5.71. The van der Waals surface area contributed by atoms with Gasteiger partial charge in [0, 0.05) is 18.2 Å². The Balaban J connectivity index is 2.59. The highest BCUT2D eigenvalue weighted by Gasteiger charge is 2.01. The van der Waals surface area contributed by atoms with Crippen molar-refractivity contribution in [2.24, 2.45) is 0 Å². The lowest BCUT2D eigenvalue weighted by molar-refractivity contribution is -0.139. The van der Waals surface area contributed by atoms with Crippen LogP contribution in [0.25, 0.3) is 0 Å². The Bertz CT molecular complexity index is 487. The number of hydrogen-bond acceptors (Lipinski definition) is 4. The molecule has 0 fully saturated rings. The molecule has 18 heavy (non-hydrogen) atoms. The number of ether oxygens (including phenoxy) is 1. The average Bonchev–Trinajstić information content (AvgIpc) is 2.37. The Morgan fingerprint density at radius 1 is 1.56 bits per heavy atom. The fourth-order valence-electron chi connectivity index (χ4n) is 1.49. The number of aryl methyl sites for hydroxylation is 1. The topological polar surface area (TPSA) is 62.1 Å². The zero-order chi connectivity index (χ0) is 13.4. The Morgan fingerprint density at radius 3 is 2.94 bits per heavy atom. The van der Waals surface area contributed by atoms with Crippen molar-refractivity contribution in [3.63, 3.8) is 0 Å². The van der Waals surface area contributed by atoms with Gasteiger partial charge < -0.3 is 10.1 Å². The second kappa shape index (κ2) is 7.13. The maximum atomic E-state index is 10.9. The van der Waals surface area contributed by atoms with E-state index in [1.54, 1.807) is 6.20 Å². The molecule has 0 aliphatic carbocycles. The van der Waals surface area contributed by atoms with Gasteiger partial charge in [-0.05, 0) is 12.5 Å². The number of carbonyl (C=O) groups excluding carboxylic acids is 1. The number of rotatable bonds is 5. The van der Waals surface area contributed by atoms with Gasteiger partial charge in [0.1, 0.15) is 6.54 Å². The fourth-order valence-corrected chi connectivity index (χ4v) is 1.49. The molecule has 0 heterocycles. The van der Waals surface area contributed by atoms with Crippen LogP contribution < -0.4 is 5.32 Å². The largest absolute Gasteiger partial charge is 0.468 e. The smallest absolute Gasteiger partial charge is 0.325 e. The van der Waals surface area contributed by atoms with Crippen molar-refractivity contribution >= 4 is 5.97 Å². The molecule has 1 rings (SSSR count). The molecular formula is C14H16N2O2. The predicted molar refractivity (Wildman–Crippen MR) is 68.6 cm³/mol. The summed E-state index contributed by atoms with van der Waals surface area (Å²) in [5, 5.41) is 11.8. The molecule has 4 nitrogen and oxygen atoms in total. The van der Waals surface area contributed by atoms with Crippen LogP contribution in [0.4, 0.5) is 0 Å². The SMILES string of the molecule is COC(=O)CN/C=C(/C#N)Cc1cccc(C)c1. The first-order valence-corrected chi connectivity index (χ1v) is 5.60. The van der Waals surface area contributed by atoms with E-state index in [-0.39, 0.29) is 12.5 Å². The van der Waals surface area contributed by atoms with Crippen LogP contribution in [0.5, 0.6) is 0 Å². The second-order valence-corrected chi connectivity index (χ2v) is 3.90. The van der Waals surface area contributed by atoms with Crippen LogP contribution in [0, 0.1) is 18.3 Å². The summed E-state index contributed by atoms with van der Waals surface area (Å²) in [6, 6.07) is 10.1. The molecule has 0 aliphatic rings. The molecule has 0 radical (unpaired) electrons. The molecule has 1 aromatic rings. The number of nitriles is 1. The number of nitrogens with zero attached hydrogens (tertiary/aromatic N) is 1. The summed E-state index contributed by atoms with van der Waals surface area (Å²) in [6.07, 6.45) is 2.10. The lowest BCUT2D eigenvalue weighted by Gasteiger charge is -2.03. The minimum atomic E-state index is -0.362. The van der Waals surface area contributed by atoms with Crippen molar-refractivity contribution in [3.8, 4) is 6.07 Å². The van der Waals surface area contributed by atoms with Gasteiger partial charge in [-0.3, -0.25) is 4.79 Å². The van der Waals surface area contributed by atoms with E-state index in [0.29, 0.717) is 12.0 Å². The van der Waals surface area contributed by atoms with E-state index in [4.69, 9.17) is 5.26 Å². The van der Waals surface area contributed by atoms with Crippen LogP contribution in [-0.4, -0.2) is 19.6 Å². The molecule has 0 saturated carbocycles. The second-order valence-electron chi connectivity index (χ2n) is 3.90. The van der Waals surface area contributed by atoms with Crippen LogP contribution in [-0.2, 0) is 16.0 Å². The van der Waals surface area contributed by atoms with Gasteiger partial charge in [0.05, 0.1) is 13.2 Å². The number of methoxy groups -OCH3 is 1. The molecule has 0 amide bonds. The molecule has 0 bridgehead atoms. The predicted octanol–water partition coefficient (Wildman–Crippen LogP) is 1.71. The molecular weight excluding hydrogens is 228 g/mol. The molecule has 0 saturated heterocycles. The first-order chi connectivity index (χ1) is 8.65. The summed E-state index contributed by atoms with van der Waals surface area (Å²) in [7, 11) is 1.33. The number of esters is 1. The number of benzene rings is 1. The van der Waals surface area contributed by atoms with E-state index in [1.165, 1.54) is 7.11 Å². The number of nitrogens with one attached hydrogen (secondary N) is 1. The van der Waals surface area contributed by atoms with Crippen LogP contribution in [0.1, 0.15) is 11.1 Å². The molecule has 1 aromatic carbocycles. The first-order valence-electron chi connectivity index (χ1n) is 5.60.